The fraction of sp³-hybridized carbons (Fsp3) is 0.545. The van der Waals surface area contributed by atoms with Crippen molar-refractivity contribution in [3.63, 3.8) is 0 Å². The van der Waals surface area contributed by atoms with Crippen LogP contribution in [0.4, 0.5) is 0 Å². The van der Waals surface area contributed by atoms with Crippen LogP contribution in [-0.2, 0) is 28.6 Å². The second-order valence-corrected chi connectivity index (χ2v) is 14.9. The second kappa shape index (κ2) is 48.2. The quantitative estimate of drug-likeness (QED) is 0.0265. The monoisotopic (exact) mass is 841 g/mol. The molecule has 0 aliphatic heterocycles. The first-order valence-electron chi connectivity index (χ1n) is 23.7. The minimum Gasteiger partial charge on any atom is -0.462 e. The van der Waals surface area contributed by atoms with Gasteiger partial charge in [0.05, 0.1) is 0 Å². The summed E-state index contributed by atoms with van der Waals surface area (Å²) >= 11 is 0. The van der Waals surface area contributed by atoms with Crippen LogP contribution in [0.2, 0.25) is 0 Å². The van der Waals surface area contributed by atoms with E-state index in [1.807, 2.05) is 0 Å². The molecule has 1 atom stereocenters. The number of unbranched alkanes of at least 4 members (excludes halogenated alkanes) is 7. The smallest absolute Gasteiger partial charge is 0.306 e. The molecule has 0 aliphatic carbocycles. The molecule has 0 saturated carbocycles. The molecule has 0 fully saturated rings. The summed E-state index contributed by atoms with van der Waals surface area (Å²) in [5.74, 6) is -1.06. The Morgan fingerprint density at radius 3 is 0.951 bits per heavy atom. The first kappa shape index (κ1) is 56.5. The molecule has 0 saturated heterocycles. The van der Waals surface area contributed by atoms with Crippen molar-refractivity contribution in [1.29, 1.82) is 0 Å². The van der Waals surface area contributed by atoms with Gasteiger partial charge in [0, 0.05) is 19.3 Å². The number of esters is 3. The molecule has 0 rings (SSSR count). The van der Waals surface area contributed by atoms with Gasteiger partial charge in [-0.25, -0.2) is 0 Å². The minimum absolute atomic E-state index is 0.129. The Hall–Kier alpha value is -4.45. The molecule has 6 nitrogen and oxygen atoms in total. The van der Waals surface area contributed by atoms with E-state index >= 15 is 0 Å². The van der Waals surface area contributed by atoms with E-state index in [0.717, 1.165) is 122 Å². The normalized spacial score (nSPS) is 13.3. The molecule has 0 aliphatic rings. The van der Waals surface area contributed by atoms with Crippen LogP contribution in [0.25, 0.3) is 0 Å². The average Bonchev–Trinajstić information content (AvgIpc) is 3.26. The lowest BCUT2D eigenvalue weighted by molar-refractivity contribution is -0.167. The largest absolute Gasteiger partial charge is 0.462 e. The summed E-state index contributed by atoms with van der Waals surface area (Å²) in [6.45, 7) is 6.15. The number of hydrogen-bond donors (Lipinski definition) is 0. The average molecular weight is 841 g/mol. The lowest BCUT2D eigenvalue weighted by Crippen LogP contribution is -2.30. The molecule has 340 valence electrons. The van der Waals surface area contributed by atoms with Crippen LogP contribution in [-0.4, -0.2) is 37.2 Å². The highest BCUT2D eigenvalue weighted by molar-refractivity contribution is 5.71. The summed E-state index contributed by atoms with van der Waals surface area (Å²) in [5.41, 5.74) is 0. The second-order valence-electron chi connectivity index (χ2n) is 14.9. The topological polar surface area (TPSA) is 78.9 Å². The highest BCUT2D eigenvalue weighted by Gasteiger charge is 2.19. The fourth-order valence-corrected chi connectivity index (χ4v) is 5.68. The van der Waals surface area contributed by atoms with Gasteiger partial charge in [-0.3, -0.25) is 14.4 Å². The molecule has 61 heavy (non-hydrogen) atoms. The van der Waals surface area contributed by atoms with Crippen LogP contribution in [0, 0.1) is 0 Å². The van der Waals surface area contributed by atoms with Gasteiger partial charge in [-0.1, -0.05) is 167 Å². The zero-order valence-corrected chi connectivity index (χ0v) is 38.6. The highest BCUT2D eigenvalue weighted by atomic mass is 16.6. The van der Waals surface area contributed by atoms with E-state index in [1.165, 1.54) is 0 Å². The standard InChI is InChI=1S/C55H84O6/c1-4-7-10-13-16-19-22-24-26-28-30-33-36-39-42-45-48-54(57)60-51-52(50-59-53(56)47-44-41-38-35-32-21-18-15-12-9-6-3)61-55(58)49-46-43-40-37-34-31-29-27-25-23-20-17-14-11-8-5-2/h7-12,16-21,24-27,30-31,33-35,38,52H,4-6,13-15,22-23,28-29,32,36-37,39-51H2,1-3H3/b10-7-,11-8-,12-9-,19-16-,20-17-,21-18-,26-24-,27-25-,33-30-,34-31-,38-35-. The molecule has 1 unspecified atom stereocenters. The SMILES string of the molecule is CC/C=C\C/C=C\C/C=C\C/C=C\CCCCCC(=O)OCC(COC(=O)CCC/C=C\C/C=C\C/C=C\CC)OC(=O)CCCCC/C=C\C/C=C\C/C=C\C/C=C\CC. The molecule has 0 aromatic carbocycles. The van der Waals surface area contributed by atoms with Crippen molar-refractivity contribution in [3.05, 3.63) is 134 Å². The van der Waals surface area contributed by atoms with Gasteiger partial charge in [-0.05, 0) is 122 Å². The number of ether oxygens (including phenoxy) is 3. The van der Waals surface area contributed by atoms with Gasteiger partial charge in [0.15, 0.2) is 6.10 Å². The fourth-order valence-electron chi connectivity index (χ4n) is 5.68. The predicted octanol–water partition coefficient (Wildman–Crippen LogP) is 15.5. The summed E-state index contributed by atoms with van der Waals surface area (Å²) in [6, 6.07) is 0. The van der Waals surface area contributed by atoms with Gasteiger partial charge >= 0.3 is 17.9 Å². The van der Waals surface area contributed by atoms with Gasteiger partial charge in [0.1, 0.15) is 13.2 Å². The van der Waals surface area contributed by atoms with Crippen molar-refractivity contribution in [2.75, 3.05) is 13.2 Å². The summed E-state index contributed by atoms with van der Waals surface area (Å²) in [5, 5.41) is 0. The minimum atomic E-state index is -0.832. The van der Waals surface area contributed by atoms with Gasteiger partial charge < -0.3 is 14.2 Å². The number of rotatable bonds is 40. The van der Waals surface area contributed by atoms with Gasteiger partial charge in [-0.15, -0.1) is 0 Å². The third kappa shape index (κ3) is 46.5. The predicted molar refractivity (Wildman–Crippen MR) is 260 cm³/mol. The molecule has 0 spiro atoms. The summed E-state index contributed by atoms with van der Waals surface area (Å²) in [7, 11) is 0. The molecule has 0 aromatic rings. The Morgan fingerprint density at radius 1 is 0.328 bits per heavy atom. The van der Waals surface area contributed by atoms with Gasteiger partial charge in [0.2, 0.25) is 0 Å². The lowest BCUT2D eigenvalue weighted by atomic mass is 10.1. The molecule has 0 heterocycles. The Balaban J connectivity index is 4.58. The van der Waals surface area contributed by atoms with Crippen molar-refractivity contribution in [2.24, 2.45) is 0 Å². The third-order valence-corrected chi connectivity index (χ3v) is 9.13. The van der Waals surface area contributed by atoms with Crippen LogP contribution in [0.1, 0.15) is 175 Å². The Bertz CT molecular complexity index is 1380. The highest BCUT2D eigenvalue weighted by Crippen LogP contribution is 2.10. The molecule has 0 aromatic heterocycles. The first-order valence-corrected chi connectivity index (χ1v) is 23.7. The zero-order chi connectivity index (χ0) is 44.4. The van der Waals surface area contributed by atoms with Gasteiger partial charge in [0.25, 0.3) is 0 Å². The zero-order valence-electron chi connectivity index (χ0n) is 38.6. The third-order valence-electron chi connectivity index (χ3n) is 9.13. The number of carbonyl (C=O) groups excluding carboxylic acids is 3. The van der Waals surface area contributed by atoms with Crippen LogP contribution in [0.5, 0.6) is 0 Å². The Kier molecular flexibility index (Phi) is 44.7. The number of allylic oxidation sites excluding steroid dienone is 22. The van der Waals surface area contributed by atoms with Crippen LogP contribution >= 0.6 is 0 Å². The number of carbonyl (C=O) groups is 3. The van der Waals surface area contributed by atoms with Crippen molar-refractivity contribution in [1.82, 2.24) is 0 Å². The lowest BCUT2D eigenvalue weighted by Gasteiger charge is -2.18. The molecular weight excluding hydrogens is 757 g/mol. The van der Waals surface area contributed by atoms with Crippen LogP contribution < -0.4 is 0 Å². The van der Waals surface area contributed by atoms with E-state index in [0.29, 0.717) is 19.3 Å². The van der Waals surface area contributed by atoms with E-state index in [1.54, 1.807) is 0 Å². The molecule has 0 radical (unpaired) electrons. The van der Waals surface area contributed by atoms with E-state index in [9.17, 15) is 14.4 Å². The molecular formula is C55H84O6. The van der Waals surface area contributed by atoms with Crippen molar-refractivity contribution in [3.8, 4) is 0 Å². The molecule has 6 heteroatoms. The summed E-state index contributed by atoms with van der Waals surface area (Å²) < 4.78 is 16.6. The molecule has 0 N–H and O–H groups in total. The Morgan fingerprint density at radius 2 is 0.607 bits per heavy atom. The van der Waals surface area contributed by atoms with Gasteiger partial charge in [-0.2, -0.15) is 0 Å². The summed E-state index contributed by atoms with van der Waals surface area (Å²) in [4.78, 5) is 37.8. The summed E-state index contributed by atoms with van der Waals surface area (Å²) in [6.07, 6.45) is 67.3. The van der Waals surface area contributed by atoms with Crippen molar-refractivity contribution in [2.45, 2.75) is 181 Å². The maximum atomic E-state index is 12.8. The van der Waals surface area contributed by atoms with E-state index in [4.69, 9.17) is 14.2 Å². The number of hydrogen-bond acceptors (Lipinski definition) is 6. The first-order chi connectivity index (χ1) is 30.0. The van der Waals surface area contributed by atoms with E-state index in [-0.39, 0.29) is 44.0 Å². The van der Waals surface area contributed by atoms with Crippen LogP contribution in [0.15, 0.2) is 134 Å². The molecule has 0 amide bonds. The van der Waals surface area contributed by atoms with Crippen LogP contribution in [0.3, 0.4) is 0 Å². The Labute approximate surface area is 373 Å². The van der Waals surface area contributed by atoms with Crippen molar-refractivity contribution >= 4 is 17.9 Å². The molecule has 0 bridgehead atoms. The van der Waals surface area contributed by atoms with Crippen molar-refractivity contribution < 1.29 is 28.6 Å². The van der Waals surface area contributed by atoms with E-state index < -0.39 is 6.10 Å². The maximum Gasteiger partial charge on any atom is 0.306 e. The van der Waals surface area contributed by atoms with E-state index in [2.05, 4.69) is 154 Å². The maximum absolute atomic E-state index is 12.8.